The number of amides is 1. The number of para-hydroxylation sites is 1. The fourth-order valence-corrected chi connectivity index (χ4v) is 3.18. The molecule has 2 aromatic heterocycles. The van der Waals surface area contributed by atoms with Crippen molar-refractivity contribution in [2.75, 3.05) is 6.54 Å². The normalized spacial score (nSPS) is 10.9. The van der Waals surface area contributed by atoms with Crippen molar-refractivity contribution in [3.05, 3.63) is 94.8 Å². The van der Waals surface area contributed by atoms with E-state index in [0.29, 0.717) is 28.8 Å². The molecular weight excluding hydrogens is 352 g/mol. The molecule has 0 aliphatic heterocycles. The number of carbonyl (C=O) groups excluding carboxylic acids is 1. The number of H-pyrrole nitrogens is 1. The Hall–Kier alpha value is -3.67. The summed E-state index contributed by atoms with van der Waals surface area (Å²) >= 11 is 0. The van der Waals surface area contributed by atoms with Crippen LogP contribution in [0.5, 0.6) is 0 Å². The van der Waals surface area contributed by atoms with Crippen LogP contribution in [0.2, 0.25) is 0 Å². The van der Waals surface area contributed by atoms with E-state index >= 15 is 0 Å². The summed E-state index contributed by atoms with van der Waals surface area (Å²) in [5.74, 6) is 0.375. The van der Waals surface area contributed by atoms with Gasteiger partial charge in [-0.25, -0.2) is 4.98 Å². The molecule has 0 saturated heterocycles. The number of fused-ring (bicyclic) bond motifs is 1. The molecule has 0 unspecified atom stereocenters. The number of hydrogen-bond donors (Lipinski definition) is 1. The minimum atomic E-state index is -0.194. The number of aromatic nitrogens is 3. The number of carbonyl (C=O) groups is 1. The smallest absolute Gasteiger partial charge is 0.258 e. The van der Waals surface area contributed by atoms with Crippen LogP contribution < -0.4 is 5.56 Å². The summed E-state index contributed by atoms with van der Waals surface area (Å²) in [6.07, 6.45) is 3.91. The maximum absolute atomic E-state index is 12.9. The summed E-state index contributed by atoms with van der Waals surface area (Å²) in [4.78, 5) is 34.1. The standard InChI is InChI=1S/C22H20N4O2/c1-2-25(15-20-23-19-8-4-3-7-18(19)21(27)24-20)22(28)16-9-11-17(12-10-16)26-13-5-6-14-26/h3-14H,2,15H2,1H3,(H,23,24,27). The molecule has 0 aliphatic rings. The molecule has 6 heteroatoms. The minimum absolute atomic E-state index is 0.0997. The van der Waals surface area contributed by atoms with Crippen LogP contribution in [-0.2, 0) is 6.54 Å². The molecule has 1 amide bonds. The van der Waals surface area contributed by atoms with Crippen molar-refractivity contribution in [1.29, 1.82) is 0 Å². The van der Waals surface area contributed by atoms with E-state index in [1.54, 1.807) is 23.1 Å². The quantitative estimate of drug-likeness (QED) is 0.584. The van der Waals surface area contributed by atoms with E-state index in [9.17, 15) is 9.59 Å². The summed E-state index contributed by atoms with van der Waals surface area (Å²) in [7, 11) is 0. The predicted molar refractivity (Wildman–Crippen MR) is 109 cm³/mol. The van der Waals surface area contributed by atoms with Gasteiger partial charge in [0.1, 0.15) is 5.82 Å². The van der Waals surface area contributed by atoms with Gasteiger partial charge in [0.05, 0.1) is 17.4 Å². The van der Waals surface area contributed by atoms with Crippen LogP contribution >= 0.6 is 0 Å². The third kappa shape index (κ3) is 3.44. The molecule has 0 radical (unpaired) electrons. The van der Waals surface area contributed by atoms with Gasteiger partial charge in [-0.1, -0.05) is 12.1 Å². The van der Waals surface area contributed by atoms with Gasteiger partial charge in [0, 0.05) is 30.2 Å². The van der Waals surface area contributed by atoms with E-state index in [1.807, 2.05) is 66.3 Å². The molecule has 1 N–H and O–H groups in total. The van der Waals surface area contributed by atoms with Crippen molar-refractivity contribution in [2.24, 2.45) is 0 Å². The lowest BCUT2D eigenvalue weighted by Crippen LogP contribution is -2.32. The molecule has 0 aliphatic carbocycles. The lowest BCUT2D eigenvalue weighted by atomic mass is 10.1. The first kappa shape index (κ1) is 17.7. The van der Waals surface area contributed by atoms with E-state index in [2.05, 4.69) is 9.97 Å². The first-order valence-electron chi connectivity index (χ1n) is 9.16. The molecule has 4 aromatic rings. The third-order valence-corrected chi connectivity index (χ3v) is 4.69. The monoisotopic (exact) mass is 372 g/mol. The Morgan fingerprint density at radius 2 is 1.75 bits per heavy atom. The van der Waals surface area contributed by atoms with Gasteiger partial charge in [0.2, 0.25) is 0 Å². The number of aromatic amines is 1. The zero-order valence-electron chi connectivity index (χ0n) is 15.5. The van der Waals surface area contributed by atoms with Crippen molar-refractivity contribution in [3.8, 4) is 5.69 Å². The summed E-state index contributed by atoms with van der Waals surface area (Å²) in [5.41, 5.74) is 2.02. The third-order valence-electron chi connectivity index (χ3n) is 4.69. The summed E-state index contributed by atoms with van der Waals surface area (Å²) < 4.78 is 1.98. The lowest BCUT2D eigenvalue weighted by Gasteiger charge is -2.20. The Morgan fingerprint density at radius 3 is 2.46 bits per heavy atom. The Morgan fingerprint density at radius 1 is 1.04 bits per heavy atom. The zero-order chi connectivity index (χ0) is 19.5. The van der Waals surface area contributed by atoms with Crippen LogP contribution in [0.1, 0.15) is 23.1 Å². The molecule has 4 rings (SSSR count). The van der Waals surface area contributed by atoms with Gasteiger partial charge in [0.15, 0.2) is 0 Å². The summed E-state index contributed by atoms with van der Waals surface area (Å²) in [6.45, 7) is 2.66. The highest BCUT2D eigenvalue weighted by molar-refractivity contribution is 5.94. The number of nitrogens with zero attached hydrogens (tertiary/aromatic N) is 3. The van der Waals surface area contributed by atoms with E-state index in [0.717, 1.165) is 5.69 Å². The molecule has 0 saturated carbocycles. The maximum atomic E-state index is 12.9. The average Bonchev–Trinajstić information content (AvgIpc) is 3.27. The molecule has 0 spiro atoms. The first-order chi connectivity index (χ1) is 13.7. The van der Waals surface area contributed by atoms with Crippen LogP contribution in [-0.4, -0.2) is 31.9 Å². The summed E-state index contributed by atoms with van der Waals surface area (Å²) in [6, 6.07) is 18.5. The largest absolute Gasteiger partial charge is 0.331 e. The SMILES string of the molecule is CCN(Cc1nc2ccccc2c(=O)[nH]1)C(=O)c1ccc(-n2cccc2)cc1. The lowest BCUT2D eigenvalue weighted by molar-refractivity contribution is 0.0748. The molecule has 0 atom stereocenters. The average molecular weight is 372 g/mol. The maximum Gasteiger partial charge on any atom is 0.258 e. The second kappa shape index (κ2) is 7.52. The highest BCUT2D eigenvalue weighted by Crippen LogP contribution is 2.13. The van der Waals surface area contributed by atoms with Crippen LogP contribution in [0, 0.1) is 0 Å². The van der Waals surface area contributed by atoms with Gasteiger partial charge in [-0.05, 0) is 55.5 Å². The molecule has 28 heavy (non-hydrogen) atoms. The van der Waals surface area contributed by atoms with Crippen molar-refractivity contribution in [1.82, 2.24) is 19.4 Å². The van der Waals surface area contributed by atoms with E-state index in [1.165, 1.54) is 0 Å². The Labute approximate surface area is 162 Å². The molecule has 0 fully saturated rings. The van der Waals surface area contributed by atoms with Crippen molar-refractivity contribution in [2.45, 2.75) is 13.5 Å². The fraction of sp³-hybridized carbons (Fsp3) is 0.136. The van der Waals surface area contributed by atoms with E-state index in [4.69, 9.17) is 0 Å². The molecule has 2 heterocycles. The predicted octanol–water partition coefficient (Wildman–Crippen LogP) is 3.38. The number of nitrogens with one attached hydrogen (secondary N) is 1. The second-order valence-corrected chi connectivity index (χ2v) is 6.49. The van der Waals surface area contributed by atoms with Gasteiger partial charge in [0.25, 0.3) is 11.5 Å². The minimum Gasteiger partial charge on any atom is -0.331 e. The van der Waals surface area contributed by atoms with E-state index in [-0.39, 0.29) is 18.0 Å². The molecule has 6 nitrogen and oxygen atoms in total. The number of rotatable bonds is 5. The Kier molecular flexibility index (Phi) is 4.76. The molecular formula is C22H20N4O2. The molecule has 140 valence electrons. The Bertz CT molecular complexity index is 1160. The van der Waals surface area contributed by atoms with Gasteiger partial charge < -0.3 is 14.5 Å². The number of benzene rings is 2. The van der Waals surface area contributed by atoms with Crippen LogP contribution in [0.3, 0.4) is 0 Å². The van der Waals surface area contributed by atoms with Crippen molar-refractivity contribution >= 4 is 16.8 Å². The van der Waals surface area contributed by atoms with Gasteiger partial charge >= 0.3 is 0 Å². The van der Waals surface area contributed by atoms with Crippen molar-refractivity contribution < 1.29 is 4.79 Å². The highest BCUT2D eigenvalue weighted by Gasteiger charge is 2.16. The fourth-order valence-electron chi connectivity index (χ4n) is 3.18. The van der Waals surface area contributed by atoms with E-state index < -0.39 is 0 Å². The Balaban J connectivity index is 1.57. The van der Waals surface area contributed by atoms with Crippen molar-refractivity contribution in [3.63, 3.8) is 0 Å². The van der Waals surface area contributed by atoms with Crippen LogP contribution in [0.4, 0.5) is 0 Å². The van der Waals surface area contributed by atoms with Gasteiger partial charge in [-0.15, -0.1) is 0 Å². The van der Waals surface area contributed by atoms with Gasteiger partial charge in [-0.3, -0.25) is 9.59 Å². The molecule has 2 aromatic carbocycles. The van der Waals surface area contributed by atoms with Crippen LogP contribution in [0.15, 0.2) is 77.9 Å². The highest BCUT2D eigenvalue weighted by atomic mass is 16.2. The zero-order valence-corrected chi connectivity index (χ0v) is 15.5. The first-order valence-corrected chi connectivity index (χ1v) is 9.16. The second-order valence-electron chi connectivity index (χ2n) is 6.49. The topological polar surface area (TPSA) is 71.0 Å². The molecule has 0 bridgehead atoms. The number of hydrogen-bond acceptors (Lipinski definition) is 3. The summed E-state index contributed by atoms with van der Waals surface area (Å²) in [5, 5.41) is 0.543. The van der Waals surface area contributed by atoms with Gasteiger partial charge in [-0.2, -0.15) is 0 Å². The van der Waals surface area contributed by atoms with Crippen LogP contribution in [0.25, 0.3) is 16.6 Å².